The zero-order valence-electron chi connectivity index (χ0n) is 8.34. The fraction of sp³-hybridized carbons (Fsp3) is 0.273. The van der Waals surface area contributed by atoms with Crippen LogP contribution in [0.1, 0.15) is 18.4 Å². The van der Waals surface area contributed by atoms with E-state index in [2.05, 4.69) is 0 Å². The molecule has 1 rings (SSSR count). The summed E-state index contributed by atoms with van der Waals surface area (Å²) in [6.45, 7) is 1.12. The van der Waals surface area contributed by atoms with Crippen LogP contribution in [0.3, 0.4) is 0 Å². The van der Waals surface area contributed by atoms with E-state index in [-0.39, 0.29) is 6.61 Å². The maximum absolute atomic E-state index is 10.9. The van der Waals surface area contributed by atoms with Gasteiger partial charge in [-0.3, -0.25) is 9.59 Å². The first-order valence-corrected chi connectivity index (χ1v) is 4.52. The molecule has 80 valence electrons. The van der Waals surface area contributed by atoms with Crippen LogP contribution in [0, 0.1) is 0 Å². The molecule has 0 aliphatic heterocycles. The van der Waals surface area contributed by atoms with Gasteiger partial charge in [0.2, 0.25) is 0 Å². The molecule has 1 atom stereocenters. The summed E-state index contributed by atoms with van der Waals surface area (Å²) >= 11 is 0. The van der Waals surface area contributed by atoms with Crippen molar-refractivity contribution in [2.45, 2.75) is 12.8 Å². The van der Waals surface area contributed by atoms with Crippen molar-refractivity contribution in [2.24, 2.45) is 0 Å². The van der Waals surface area contributed by atoms with Gasteiger partial charge in [-0.25, -0.2) is 0 Å². The van der Waals surface area contributed by atoms with E-state index in [9.17, 15) is 9.59 Å². The van der Waals surface area contributed by atoms with Gasteiger partial charge in [0, 0.05) is 6.92 Å². The molecule has 4 heteroatoms. The Hall–Kier alpha value is -1.84. The average molecular weight is 208 g/mol. The van der Waals surface area contributed by atoms with Gasteiger partial charge in [0.15, 0.2) is 0 Å². The van der Waals surface area contributed by atoms with Crippen LogP contribution in [0.4, 0.5) is 0 Å². The number of carbonyl (C=O) groups excluding carboxylic acids is 1. The predicted molar refractivity (Wildman–Crippen MR) is 53.5 cm³/mol. The third kappa shape index (κ3) is 3.42. The molecular weight excluding hydrogens is 196 g/mol. The lowest BCUT2D eigenvalue weighted by molar-refractivity contribution is -0.146. The molecule has 0 unspecified atom stereocenters. The van der Waals surface area contributed by atoms with E-state index < -0.39 is 17.9 Å². The maximum atomic E-state index is 10.9. The van der Waals surface area contributed by atoms with Crippen LogP contribution in [0.25, 0.3) is 0 Å². The largest absolute Gasteiger partial charge is 0.481 e. The SMILES string of the molecule is CC(=O)OC[C@H](C(=O)O)c1ccccc1. The Morgan fingerprint density at radius 2 is 1.93 bits per heavy atom. The average Bonchev–Trinajstić information content (AvgIpc) is 2.18. The van der Waals surface area contributed by atoms with Gasteiger partial charge in [0.05, 0.1) is 0 Å². The zero-order chi connectivity index (χ0) is 11.3. The third-order valence-electron chi connectivity index (χ3n) is 1.95. The highest BCUT2D eigenvalue weighted by molar-refractivity contribution is 5.76. The van der Waals surface area contributed by atoms with Crippen LogP contribution in [-0.4, -0.2) is 23.7 Å². The van der Waals surface area contributed by atoms with E-state index in [1.54, 1.807) is 30.3 Å². The minimum atomic E-state index is -0.998. The lowest BCUT2D eigenvalue weighted by Gasteiger charge is -2.11. The van der Waals surface area contributed by atoms with E-state index in [1.165, 1.54) is 6.92 Å². The Kier molecular flexibility index (Phi) is 3.85. The summed E-state index contributed by atoms with van der Waals surface area (Å²) in [5.74, 6) is -2.27. The van der Waals surface area contributed by atoms with Gasteiger partial charge in [0.1, 0.15) is 12.5 Å². The van der Waals surface area contributed by atoms with E-state index in [0.717, 1.165) is 0 Å². The highest BCUT2D eigenvalue weighted by Gasteiger charge is 2.20. The van der Waals surface area contributed by atoms with Gasteiger partial charge >= 0.3 is 11.9 Å². The minimum Gasteiger partial charge on any atom is -0.481 e. The third-order valence-corrected chi connectivity index (χ3v) is 1.95. The molecule has 0 amide bonds. The number of carboxylic acids is 1. The molecule has 1 aromatic carbocycles. The number of aliphatic carboxylic acids is 1. The van der Waals surface area contributed by atoms with Gasteiger partial charge in [0.25, 0.3) is 0 Å². The molecule has 0 heterocycles. The molecule has 0 aromatic heterocycles. The summed E-state index contributed by atoms with van der Waals surface area (Å²) in [7, 11) is 0. The fourth-order valence-corrected chi connectivity index (χ4v) is 1.20. The number of esters is 1. The second kappa shape index (κ2) is 5.14. The zero-order valence-corrected chi connectivity index (χ0v) is 8.34. The Morgan fingerprint density at radius 1 is 1.33 bits per heavy atom. The summed E-state index contributed by atoms with van der Waals surface area (Å²) in [4.78, 5) is 21.5. The lowest BCUT2D eigenvalue weighted by Crippen LogP contribution is -2.19. The van der Waals surface area contributed by atoms with Gasteiger partial charge in [-0.05, 0) is 5.56 Å². The maximum Gasteiger partial charge on any atom is 0.314 e. The second-order valence-corrected chi connectivity index (χ2v) is 3.10. The molecule has 0 saturated heterocycles. The van der Waals surface area contributed by atoms with Crippen molar-refractivity contribution in [1.29, 1.82) is 0 Å². The summed E-state index contributed by atoms with van der Waals surface area (Å²) in [6.07, 6.45) is 0. The Morgan fingerprint density at radius 3 is 2.40 bits per heavy atom. The van der Waals surface area contributed by atoms with E-state index in [0.29, 0.717) is 5.56 Å². The quantitative estimate of drug-likeness (QED) is 0.760. The van der Waals surface area contributed by atoms with E-state index in [4.69, 9.17) is 9.84 Å². The van der Waals surface area contributed by atoms with E-state index >= 15 is 0 Å². The monoisotopic (exact) mass is 208 g/mol. The summed E-state index contributed by atoms with van der Waals surface area (Å²) in [5, 5.41) is 8.95. The molecule has 0 aliphatic rings. The van der Waals surface area contributed by atoms with Crippen LogP contribution in [0.2, 0.25) is 0 Å². The van der Waals surface area contributed by atoms with Crippen molar-refractivity contribution in [3.63, 3.8) is 0 Å². The van der Waals surface area contributed by atoms with Gasteiger partial charge in [-0.2, -0.15) is 0 Å². The van der Waals surface area contributed by atoms with Gasteiger partial charge < -0.3 is 9.84 Å². The summed E-state index contributed by atoms with van der Waals surface area (Å²) in [6, 6.07) is 8.69. The van der Waals surface area contributed by atoms with Crippen molar-refractivity contribution in [2.75, 3.05) is 6.61 Å². The molecule has 0 aliphatic carbocycles. The number of rotatable bonds is 4. The number of hydrogen-bond acceptors (Lipinski definition) is 3. The second-order valence-electron chi connectivity index (χ2n) is 3.10. The number of ether oxygens (including phenoxy) is 1. The van der Waals surface area contributed by atoms with Gasteiger partial charge in [-0.15, -0.1) is 0 Å². The van der Waals surface area contributed by atoms with Crippen molar-refractivity contribution in [1.82, 2.24) is 0 Å². The molecule has 1 aromatic rings. The Bertz CT molecular complexity index is 345. The molecule has 0 saturated carbocycles. The van der Waals surface area contributed by atoms with Crippen molar-refractivity contribution >= 4 is 11.9 Å². The predicted octanol–water partition coefficient (Wildman–Crippen LogP) is 1.42. The summed E-state index contributed by atoms with van der Waals surface area (Å²) in [5.41, 5.74) is 0.631. The standard InChI is InChI=1S/C11H12O4/c1-8(12)15-7-10(11(13)14)9-5-3-2-4-6-9/h2-6,10H,7H2,1H3,(H,13,14)/t10-/m0/s1. The van der Waals surface area contributed by atoms with Crippen LogP contribution < -0.4 is 0 Å². The highest BCUT2D eigenvalue weighted by Crippen LogP contribution is 2.16. The first kappa shape index (κ1) is 11.2. The van der Waals surface area contributed by atoms with E-state index in [1.807, 2.05) is 0 Å². The molecule has 1 N–H and O–H groups in total. The first-order chi connectivity index (χ1) is 7.11. The number of carboxylic acid groups (broad SMARTS) is 1. The molecule has 15 heavy (non-hydrogen) atoms. The fourth-order valence-electron chi connectivity index (χ4n) is 1.20. The highest BCUT2D eigenvalue weighted by atomic mass is 16.5. The molecule has 0 radical (unpaired) electrons. The number of carbonyl (C=O) groups is 2. The smallest absolute Gasteiger partial charge is 0.314 e. The first-order valence-electron chi connectivity index (χ1n) is 4.52. The van der Waals surface area contributed by atoms with Crippen LogP contribution >= 0.6 is 0 Å². The molecule has 0 fully saturated rings. The summed E-state index contributed by atoms with van der Waals surface area (Å²) < 4.78 is 4.70. The van der Waals surface area contributed by atoms with Crippen molar-refractivity contribution in [3.05, 3.63) is 35.9 Å². The van der Waals surface area contributed by atoms with Crippen LogP contribution in [0.5, 0.6) is 0 Å². The molecular formula is C11H12O4. The molecule has 4 nitrogen and oxygen atoms in total. The van der Waals surface area contributed by atoms with Crippen LogP contribution in [0.15, 0.2) is 30.3 Å². The van der Waals surface area contributed by atoms with Crippen LogP contribution in [-0.2, 0) is 14.3 Å². The lowest BCUT2D eigenvalue weighted by atomic mass is 10.0. The molecule has 0 bridgehead atoms. The number of benzene rings is 1. The Balaban J connectivity index is 2.75. The normalized spacial score (nSPS) is 11.8. The Labute approximate surface area is 87.5 Å². The molecule has 0 spiro atoms. The minimum absolute atomic E-state index is 0.130. The number of hydrogen-bond donors (Lipinski definition) is 1. The van der Waals surface area contributed by atoms with Gasteiger partial charge in [-0.1, -0.05) is 30.3 Å². The topological polar surface area (TPSA) is 63.6 Å². The van der Waals surface area contributed by atoms with Crippen molar-refractivity contribution in [3.8, 4) is 0 Å². The van der Waals surface area contributed by atoms with Crippen molar-refractivity contribution < 1.29 is 19.4 Å².